The largest absolute Gasteiger partial charge is 0.339 e. The zero-order chi connectivity index (χ0) is 15.9. The highest BCUT2D eigenvalue weighted by Gasteiger charge is 2.32. The number of aromatic nitrogens is 2. The molecule has 0 N–H and O–H groups in total. The highest BCUT2D eigenvalue weighted by atomic mass is 16.5. The third kappa shape index (κ3) is 2.63. The zero-order valence-corrected chi connectivity index (χ0v) is 13.5. The Morgan fingerprint density at radius 2 is 1.91 bits per heavy atom. The lowest BCUT2D eigenvalue weighted by atomic mass is 9.99. The third-order valence-electron chi connectivity index (χ3n) is 4.26. The molecule has 0 bridgehead atoms. The number of hydrogen-bond acceptors (Lipinski definition) is 4. The molecule has 116 valence electrons. The van der Waals surface area contributed by atoms with Crippen LogP contribution in [0.3, 0.4) is 0 Å². The van der Waals surface area contributed by atoms with E-state index in [9.17, 15) is 4.79 Å². The fourth-order valence-corrected chi connectivity index (χ4v) is 3.30. The van der Waals surface area contributed by atoms with Gasteiger partial charge in [-0.1, -0.05) is 22.9 Å². The maximum atomic E-state index is 12.8. The van der Waals surface area contributed by atoms with Gasteiger partial charge in [-0.15, -0.1) is 0 Å². The zero-order valence-electron chi connectivity index (χ0n) is 13.5. The van der Waals surface area contributed by atoms with Crippen LogP contribution in [0.25, 0.3) is 0 Å². The number of aryl methyl sites for hydroxylation is 4. The van der Waals surface area contributed by atoms with E-state index in [0.717, 1.165) is 29.7 Å². The van der Waals surface area contributed by atoms with Gasteiger partial charge in [-0.25, -0.2) is 0 Å². The van der Waals surface area contributed by atoms with Crippen LogP contribution in [0.4, 0.5) is 0 Å². The lowest BCUT2D eigenvalue weighted by Crippen LogP contribution is -2.29. The third-order valence-corrected chi connectivity index (χ3v) is 4.26. The van der Waals surface area contributed by atoms with E-state index in [-0.39, 0.29) is 11.8 Å². The molecular formula is C17H21N3O2. The molecule has 0 radical (unpaired) electrons. The summed E-state index contributed by atoms with van der Waals surface area (Å²) < 4.78 is 5.25. The summed E-state index contributed by atoms with van der Waals surface area (Å²) in [5, 5.41) is 3.84. The summed E-state index contributed by atoms with van der Waals surface area (Å²) >= 11 is 0. The molecule has 1 aromatic heterocycles. The van der Waals surface area contributed by atoms with Crippen LogP contribution >= 0.6 is 0 Å². The van der Waals surface area contributed by atoms with E-state index in [4.69, 9.17) is 4.52 Å². The summed E-state index contributed by atoms with van der Waals surface area (Å²) in [6.07, 6.45) is 0.872. The molecule has 2 aromatic rings. The van der Waals surface area contributed by atoms with Crippen LogP contribution in [0.2, 0.25) is 0 Å². The van der Waals surface area contributed by atoms with Crippen LogP contribution in [0, 0.1) is 27.7 Å². The minimum absolute atomic E-state index is 0.105. The molecule has 1 aliphatic heterocycles. The molecule has 2 heterocycles. The first kappa shape index (κ1) is 14.8. The smallest absolute Gasteiger partial charge is 0.254 e. The Morgan fingerprint density at radius 1 is 1.23 bits per heavy atom. The molecule has 22 heavy (non-hydrogen) atoms. The Balaban J connectivity index is 1.80. The van der Waals surface area contributed by atoms with Crippen LogP contribution in [-0.2, 0) is 0 Å². The number of amides is 1. The second-order valence-electron chi connectivity index (χ2n) is 6.19. The van der Waals surface area contributed by atoms with Crippen molar-refractivity contribution in [3.63, 3.8) is 0 Å². The van der Waals surface area contributed by atoms with Crippen molar-refractivity contribution in [2.45, 2.75) is 40.0 Å². The van der Waals surface area contributed by atoms with E-state index < -0.39 is 0 Å². The molecule has 0 aliphatic carbocycles. The first-order valence-corrected chi connectivity index (χ1v) is 7.63. The van der Waals surface area contributed by atoms with Crippen molar-refractivity contribution in [2.24, 2.45) is 0 Å². The number of nitrogens with zero attached hydrogens (tertiary/aromatic N) is 3. The SMILES string of the molecule is Cc1cc(C)c(C(=O)N2CCC(c3nc(C)no3)C2)c(C)c1. The Kier molecular flexibility index (Phi) is 3.72. The molecule has 1 fully saturated rings. The fraction of sp³-hybridized carbons (Fsp3) is 0.471. The number of carbonyl (C=O) groups excluding carboxylic acids is 1. The predicted octanol–water partition coefficient (Wildman–Crippen LogP) is 2.93. The van der Waals surface area contributed by atoms with Gasteiger partial charge < -0.3 is 9.42 Å². The van der Waals surface area contributed by atoms with Crippen molar-refractivity contribution in [3.8, 4) is 0 Å². The number of carbonyl (C=O) groups is 1. The van der Waals surface area contributed by atoms with Crippen molar-refractivity contribution in [2.75, 3.05) is 13.1 Å². The van der Waals surface area contributed by atoms with Gasteiger partial charge in [-0.3, -0.25) is 4.79 Å². The quantitative estimate of drug-likeness (QED) is 0.855. The summed E-state index contributed by atoms with van der Waals surface area (Å²) in [7, 11) is 0. The monoisotopic (exact) mass is 299 g/mol. The summed E-state index contributed by atoms with van der Waals surface area (Å²) in [5.41, 5.74) is 4.10. The van der Waals surface area contributed by atoms with Gasteiger partial charge in [0.05, 0.1) is 5.92 Å². The molecule has 3 rings (SSSR count). The van der Waals surface area contributed by atoms with Gasteiger partial charge in [0, 0.05) is 18.7 Å². The van der Waals surface area contributed by atoms with Gasteiger partial charge in [0.15, 0.2) is 5.82 Å². The summed E-state index contributed by atoms with van der Waals surface area (Å²) in [5.74, 6) is 1.54. The number of rotatable bonds is 2. The van der Waals surface area contributed by atoms with Crippen molar-refractivity contribution in [1.29, 1.82) is 0 Å². The predicted molar refractivity (Wildman–Crippen MR) is 82.9 cm³/mol. The maximum absolute atomic E-state index is 12.8. The number of hydrogen-bond donors (Lipinski definition) is 0. The molecule has 5 heteroatoms. The minimum Gasteiger partial charge on any atom is -0.339 e. The lowest BCUT2D eigenvalue weighted by molar-refractivity contribution is 0.0788. The van der Waals surface area contributed by atoms with Crippen molar-refractivity contribution in [3.05, 3.63) is 46.1 Å². The van der Waals surface area contributed by atoms with Gasteiger partial charge in [-0.05, 0) is 45.2 Å². The highest BCUT2D eigenvalue weighted by molar-refractivity contribution is 5.97. The molecule has 1 aliphatic rings. The van der Waals surface area contributed by atoms with Crippen molar-refractivity contribution < 1.29 is 9.32 Å². The molecule has 1 aromatic carbocycles. The first-order chi connectivity index (χ1) is 10.5. The Morgan fingerprint density at radius 3 is 2.50 bits per heavy atom. The van der Waals surface area contributed by atoms with Gasteiger partial charge in [0.1, 0.15) is 0 Å². The maximum Gasteiger partial charge on any atom is 0.254 e. The van der Waals surface area contributed by atoms with E-state index in [1.165, 1.54) is 5.56 Å². The second kappa shape index (κ2) is 5.55. The lowest BCUT2D eigenvalue weighted by Gasteiger charge is -2.19. The van der Waals surface area contributed by atoms with Crippen LogP contribution in [-0.4, -0.2) is 34.0 Å². The molecule has 1 amide bonds. The second-order valence-corrected chi connectivity index (χ2v) is 6.19. The van der Waals surface area contributed by atoms with E-state index in [2.05, 4.69) is 29.2 Å². The van der Waals surface area contributed by atoms with Gasteiger partial charge in [0.25, 0.3) is 5.91 Å². The Bertz CT molecular complexity index is 697. The van der Waals surface area contributed by atoms with E-state index >= 15 is 0 Å². The number of likely N-dealkylation sites (tertiary alicyclic amines) is 1. The van der Waals surface area contributed by atoms with Crippen LogP contribution in [0.1, 0.15) is 51.1 Å². The van der Waals surface area contributed by atoms with E-state index in [1.807, 2.05) is 25.7 Å². The molecule has 0 spiro atoms. The van der Waals surface area contributed by atoms with Crippen molar-refractivity contribution in [1.82, 2.24) is 15.0 Å². The highest BCUT2D eigenvalue weighted by Crippen LogP contribution is 2.28. The fourth-order valence-electron chi connectivity index (χ4n) is 3.30. The summed E-state index contributed by atoms with van der Waals surface area (Å²) in [4.78, 5) is 19.0. The van der Waals surface area contributed by atoms with Gasteiger partial charge in [-0.2, -0.15) is 4.98 Å². The van der Waals surface area contributed by atoms with E-state index in [0.29, 0.717) is 18.3 Å². The first-order valence-electron chi connectivity index (χ1n) is 7.63. The molecule has 1 atom stereocenters. The standard InChI is InChI=1S/C17H21N3O2/c1-10-7-11(2)15(12(3)8-10)17(21)20-6-5-14(9-20)16-18-13(4)19-22-16/h7-8,14H,5-6,9H2,1-4H3. The molecule has 0 saturated carbocycles. The molecule has 1 saturated heterocycles. The number of benzene rings is 1. The average Bonchev–Trinajstić information content (AvgIpc) is 3.05. The van der Waals surface area contributed by atoms with Gasteiger partial charge >= 0.3 is 0 Å². The van der Waals surface area contributed by atoms with Crippen LogP contribution in [0.5, 0.6) is 0 Å². The summed E-state index contributed by atoms with van der Waals surface area (Å²) in [6, 6.07) is 4.13. The summed E-state index contributed by atoms with van der Waals surface area (Å²) in [6.45, 7) is 9.25. The molecular weight excluding hydrogens is 278 g/mol. The van der Waals surface area contributed by atoms with Crippen LogP contribution < -0.4 is 0 Å². The van der Waals surface area contributed by atoms with Gasteiger partial charge in [0.2, 0.25) is 5.89 Å². The topological polar surface area (TPSA) is 59.2 Å². The Hall–Kier alpha value is -2.17. The average molecular weight is 299 g/mol. The van der Waals surface area contributed by atoms with Crippen molar-refractivity contribution >= 4 is 5.91 Å². The molecule has 5 nitrogen and oxygen atoms in total. The minimum atomic E-state index is 0.105. The van der Waals surface area contributed by atoms with Crippen LogP contribution in [0.15, 0.2) is 16.7 Å². The normalized spacial score (nSPS) is 18.0. The Labute approximate surface area is 130 Å². The van der Waals surface area contributed by atoms with E-state index in [1.54, 1.807) is 0 Å². The molecule has 1 unspecified atom stereocenters.